The maximum atomic E-state index is 15.0. The van der Waals surface area contributed by atoms with Gasteiger partial charge in [-0.3, -0.25) is 18.7 Å². The van der Waals surface area contributed by atoms with Crippen LogP contribution in [0.15, 0.2) is 30.3 Å². The molecule has 0 aromatic heterocycles. The van der Waals surface area contributed by atoms with Gasteiger partial charge in [-0.1, -0.05) is 17.7 Å². The number of carbonyl (C=O) groups excluding carboxylic acids is 2. The summed E-state index contributed by atoms with van der Waals surface area (Å²) >= 11 is 6.16. The predicted octanol–water partition coefficient (Wildman–Crippen LogP) is 3.80. The molecule has 0 radical (unpaired) electrons. The molecular weight excluding hydrogens is 605 g/mol. The van der Waals surface area contributed by atoms with E-state index in [4.69, 9.17) is 17.3 Å². The van der Waals surface area contributed by atoms with Crippen LogP contribution in [-0.4, -0.2) is 76.9 Å². The molecule has 2 heterocycles. The van der Waals surface area contributed by atoms with Crippen LogP contribution in [0.25, 0.3) is 0 Å². The fourth-order valence-corrected chi connectivity index (χ4v) is 6.41. The molecule has 0 spiro atoms. The lowest BCUT2D eigenvalue weighted by molar-refractivity contribution is -0.138. The third kappa shape index (κ3) is 7.97. The lowest BCUT2D eigenvalue weighted by Gasteiger charge is -2.37. The molecule has 2 saturated heterocycles. The molecule has 4 rings (SSSR count). The Morgan fingerprint density at radius 2 is 1.69 bits per heavy atom. The average molecular weight is 636 g/mol. The Kier molecular flexibility index (Phi) is 10.1. The SMILES string of the molecule is NC1(C(=O)NCc2ccc(C(=O)Nc3ccc(Cl)cc3N3CCN(CCC(F)(F)F)CC3)c(F)c2F)CCS(=O)CC1. The zero-order valence-electron chi connectivity index (χ0n) is 22.5. The third-order valence-electron chi connectivity index (χ3n) is 7.48. The van der Waals surface area contributed by atoms with E-state index in [0.29, 0.717) is 36.9 Å². The zero-order valence-corrected chi connectivity index (χ0v) is 24.1. The molecular formula is C27H31ClF5N5O3S. The lowest BCUT2D eigenvalue weighted by Crippen LogP contribution is -2.57. The van der Waals surface area contributed by atoms with Crippen molar-refractivity contribution in [2.24, 2.45) is 5.73 Å². The van der Waals surface area contributed by atoms with Crippen LogP contribution in [0.1, 0.15) is 35.2 Å². The highest BCUT2D eigenvalue weighted by Crippen LogP contribution is 2.31. The fourth-order valence-electron chi connectivity index (χ4n) is 4.86. The summed E-state index contributed by atoms with van der Waals surface area (Å²) in [6, 6.07) is 6.89. The van der Waals surface area contributed by atoms with Crippen LogP contribution in [0, 0.1) is 11.6 Å². The summed E-state index contributed by atoms with van der Waals surface area (Å²) in [7, 11) is -1.03. The fraction of sp³-hybridized carbons (Fsp3) is 0.481. The zero-order chi connectivity index (χ0) is 30.7. The van der Waals surface area contributed by atoms with Gasteiger partial charge in [-0.05, 0) is 37.1 Å². The molecule has 0 saturated carbocycles. The molecule has 0 aliphatic carbocycles. The quantitative estimate of drug-likeness (QED) is 0.381. The first-order valence-electron chi connectivity index (χ1n) is 13.3. The molecule has 2 aromatic carbocycles. The number of rotatable bonds is 8. The normalized spacial score (nSPS) is 21.7. The lowest BCUT2D eigenvalue weighted by atomic mass is 9.92. The van der Waals surface area contributed by atoms with E-state index in [0.717, 1.165) is 6.07 Å². The van der Waals surface area contributed by atoms with Crippen molar-refractivity contribution < 1.29 is 35.8 Å². The molecule has 2 fully saturated rings. The molecule has 15 heteroatoms. The van der Waals surface area contributed by atoms with E-state index in [2.05, 4.69) is 10.6 Å². The molecule has 2 aliphatic heterocycles. The van der Waals surface area contributed by atoms with Crippen LogP contribution < -0.4 is 21.3 Å². The van der Waals surface area contributed by atoms with Gasteiger partial charge in [-0.25, -0.2) is 8.78 Å². The van der Waals surface area contributed by atoms with Crippen molar-refractivity contribution in [1.29, 1.82) is 0 Å². The first-order chi connectivity index (χ1) is 19.8. The molecule has 2 amide bonds. The van der Waals surface area contributed by atoms with Crippen LogP contribution in [0.3, 0.4) is 0 Å². The van der Waals surface area contributed by atoms with E-state index in [9.17, 15) is 31.4 Å². The van der Waals surface area contributed by atoms with Gasteiger partial charge in [0.25, 0.3) is 5.91 Å². The van der Waals surface area contributed by atoms with E-state index in [1.165, 1.54) is 18.2 Å². The van der Waals surface area contributed by atoms with Crippen molar-refractivity contribution in [1.82, 2.24) is 10.2 Å². The number of anilines is 2. The molecule has 8 nitrogen and oxygen atoms in total. The molecule has 0 bridgehead atoms. The Hall–Kier alpha value is -2.81. The maximum absolute atomic E-state index is 15.0. The number of piperazine rings is 1. The maximum Gasteiger partial charge on any atom is 0.390 e. The molecule has 2 aromatic rings. The van der Waals surface area contributed by atoms with Gasteiger partial charge in [-0.2, -0.15) is 13.2 Å². The molecule has 2 aliphatic rings. The van der Waals surface area contributed by atoms with Gasteiger partial charge in [0.15, 0.2) is 11.6 Å². The number of nitrogens with zero attached hydrogens (tertiary/aromatic N) is 2. The number of carbonyl (C=O) groups is 2. The number of hydrogen-bond acceptors (Lipinski definition) is 6. The molecule has 0 unspecified atom stereocenters. The number of benzene rings is 2. The van der Waals surface area contributed by atoms with Gasteiger partial charge in [0.2, 0.25) is 5.91 Å². The Bertz CT molecular complexity index is 1340. The summed E-state index contributed by atoms with van der Waals surface area (Å²) in [4.78, 5) is 29.1. The highest BCUT2D eigenvalue weighted by Gasteiger charge is 2.37. The van der Waals surface area contributed by atoms with Gasteiger partial charge in [-0.15, -0.1) is 0 Å². The average Bonchev–Trinajstić information content (AvgIpc) is 2.95. The van der Waals surface area contributed by atoms with E-state index in [-0.39, 0.29) is 48.7 Å². The molecule has 230 valence electrons. The van der Waals surface area contributed by atoms with Crippen molar-refractivity contribution in [3.05, 3.63) is 58.1 Å². The summed E-state index contributed by atoms with van der Waals surface area (Å²) in [5.41, 5.74) is 4.90. The minimum absolute atomic E-state index is 0.115. The summed E-state index contributed by atoms with van der Waals surface area (Å²) in [6.45, 7) is 0.980. The summed E-state index contributed by atoms with van der Waals surface area (Å²) in [6.07, 6.45) is -4.73. The minimum Gasteiger partial charge on any atom is -0.367 e. The first-order valence-corrected chi connectivity index (χ1v) is 15.2. The third-order valence-corrected chi connectivity index (χ3v) is 9.04. The highest BCUT2D eigenvalue weighted by atomic mass is 35.5. The van der Waals surface area contributed by atoms with Crippen LogP contribution in [0.5, 0.6) is 0 Å². The Labute approximate surface area is 247 Å². The Balaban J connectivity index is 1.41. The number of alkyl halides is 3. The van der Waals surface area contributed by atoms with Gasteiger partial charge < -0.3 is 21.3 Å². The second-order valence-corrected chi connectivity index (χ2v) is 12.5. The van der Waals surface area contributed by atoms with E-state index in [1.54, 1.807) is 11.0 Å². The van der Waals surface area contributed by atoms with Gasteiger partial charge in [0.05, 0.1) is 28.9 Å². The number of nitrogens with two attached hydrogens (primary N) is 1. The summed E-state index contributed by atoms with van der Waals surface area (Å²) in [5.74, 6) is -3.62. The van der Waals surface area contributed by atoms with Crippen molar-refractivity contribution in [2.75, 3.05) is 54.4 Å². The van der Waals surface area contributed by atoms with E-state index < -0.39 is 57.9 Å². The van der Waals surface area contributed by atoms with E-state index in [1.807, 2.05) is 4.90 Å². The summed E-state index contributed by atoms with van der Waals surface area (Å²) in [5, 5.41) is 5.43. The monoisotopic (exact) mass is 635 g/mol. The first kappa shape index (κ1) is 32.1. The van der Waals surface area contributed by atoms with Crippen molar-refractivity contribution in [3.63, 3.8) is 0 Å². The van der Waals surface area contributed by atoms with E-state index >= 15 is 4.39 Å². The van der Waals surface area contributed by atoms with Gasteiger partial charge >= 0.3 is 6.18 Å². The standard InChI is InChI=1S/C27H31ClF5N5O3S/c28-18-2-4-20(21(15-18)38-11-9-37(10-12-38)8-5-27(31,32)33)36-24(39)19-3-1-17(22(29)23(19)30)16-35-25(40)26(34)6-13-42(41)14-7-26/h1-4,15H,5-14,16,34H2,(H,35,40)(H,36,39). The number of nitrogens with one attached hydrogen (secondary N) is 2. The smallest absolute Gasteiger partial charge is 0.367 e. The summed E-state index contributed by atoms with van der Waals surface area (Å²) < 4.78 is 79.2. The van der Waals surface area contributed by atoms with Gasteiger partial charge in [0.1, 0.15) is 0 Å². The Morgan fingerprint density at radius 3 is 2.33 bits per heavy atom. The van der Waals surface area contributed by atoms with Crippen molar-refractivity contribution in [2.45, 2.75) is 37.5 Å². The number of halogens is 6. The van der Waals surface area contributed by atoms with Crippen LogP contribution in [-0.2, 0) is 22.1 Å². The number of hydrogen-bond donors (Lipinski definition) is 3. The van der Waals surface area contributed by atoms with Crippen molar-refractivity contribution in [3.8, 4) is 0 Å². The molecule has 4 N–H and O–H groups in total. The molecule has 0 atom stereocenters. The second-order valence-electron chi connectivity index (χ2n) is 10.4. The topological polar surface area (TPSA) is 108 Å². The van der Waals surface area contributed by atoms with Gasteiger partial charge in [0, 0.05) is 72.2 Å². The van der Waals surface area contributed by atoms with Crippen LogP contribution in [0.2, 0.25) is 5.02 Å². The van der Waals surface area contributed by atoms with Crippen molar-refractivity contribution >= 4 is 45.6 Å². The molecule has 42 heavy (non-hydrogen) atoms. The highest BCUT2D eigenvalue weighted by molar-refractivity contribution is 7.85. The largest absolute Gasteiger partial charge is 0.390 e. The van der Waals surface area contributed by atoms with Crippen LogP contribution >= 0.6 is 11.6 Å². The van der Waals surface area contributed by atoms with Crippen LogP contribution in [0.4, 0.5) is 33.3 Å². The number of amides is 2. The predicted molar refractivity (Wildman–Crippen MR) is 151 cm³/mol. The second kappa shape index (κ2) is 13.2. The Morgan fingerprint density at radius 1 is 1.02 bits per heavy atom. The minimum atomic E-state index is -4.24.